The van der Waals surface area contributed by atoms with Crippen molar-refractivity contribution in [2.75, 3.05) is 42.9 Å². The molecule has 1 aromatic heterocycles. The van der Waals surface area contributed by atoms with Crippen molar-refractivity contribution >= 4 is 48.3 Å². The number of likely N-dealkylation sites (N-methyl/N-ethyl adjacent to an activating group) is 1. The standard InChI is InChI=1S/C27H30N4O3S2/c1-5-31(22-9-7-6-8-10-22)36(33,34)23-14-12-21(13-15-23)26(32)30(18-17-29(3)4)27-28-24-16-11-20(2)19-25(24)35-27/h6-16,19H,5,17-18H2,1-4H3. The van der Waals surface area contributed by atoms with Gasteiger partial charge in [0.2, 0.25) is 0 Å². The van der Waals surface area contributed by atoms with Gasteiger partial charge in [-0.2, -0.15) is 0 Å². The lowest BCUT2D eigenvalue weighted by Crippen LogP contribution is -2.36. The molecule has 0 aliphatic rings. The number of hydrogen-bond acceptors (Lipinski definition) is 6. The minimum atomic E-state index is -3.77. The molecule has 3 aromatic carbocycles. The molecule has 0 fully saturated rings. The Labute approximate surface area is 216 Å². The number of rotatable bonds is 9. The number of nitrogens with zero attached hydrogens (tertiary/aromatic N) is 4. The second-order valence-electron chi connectivity index (χ2n) is 8.76. The fraction of sp³-hybridized carbons (Fsp3) is 0.259. The Hall–Kier alpha value is -3.27. The molecule has 4 rings (SSSR count). The first-order valence-electron chi connectivity index (χ1n) is 11.7. The van der Waals surface area contributed by atoms with E-state index >= 15 is 0 Å². The van der Waals surface area contributed by atoms with E-state index in [4.69, 9.17) is 4.98 Å². The van der Waals surface area contributed by atoms with Gasteiger partial charge in [-0.1, -0.05) is 35.6 Å². The van der Waals surface area contributed by atoms with Gasteiger partial charge in [0.15, 0.2) is 5.13 Å². The summed E-state index contributed by atoms with van der Waals surface area (Å²) in [6.07, 6.45) is 0. The van der Waals surface area contributed by atoms with E-state index in [-0.39, 0.29) is 10.8 Å². The Balaban J connectivity index is 1.64. The van der Waals surface area contributed by atoms with Crippen LogP contribution in [0.5, 0.6) is 0 Å². The lowest BCUT2D eigenvalue weighted by Gasteiger charge is -2.24. The number of para-hydroxylation sites is 1. The van der Waals surface area contributed by atoms with E-state index < -0.39 is 10.0 Å². The highest BCUT2D eigenvalue weighted by molar-refractivity contribution is 7.92. The van der Waals surface area contributed by atoms with E-state index in [9.17, 15) is 13.2 Å². The number of carbonyl (C=O) groups is 1. The van der Waals surface area contributed by atoms with Gasteiger partial charge in [0.1, 0.15) is 0 Å². The summed E-state index contributed by atoms with van der Waals surface area (Å²) in [4.78, 5) is 22.1. The first kappa shape index (κ1) is 25.8. The van der Waals surface area contributed by atoms with Gasteiger partial charge in [0.25, 0.3) is 15.9 Å². The van der Waals surface area contributed by atoms with Gasteiger partial charge in [-0.05, 0) is 82.0 Å². The number of anilines is 2. The third kappa shape index (κ3) is 5.43. The van der Waals surface area contributed by atoms with E-state index in [0.717, 1.165) is 15.8 Å². The molecule has 0 spiro atoms. The molecule has 0 unspecified atom stereocenters. The molecule has 0 bridgehead atoms. The van der Waals surface area contributed by atoms with Crippen LogP contribution in [0.25, 0.3) is 10.2 Å². The molecule has 0 saturated carbocycles. The maximum atomic E-state index is 13.6. The van der Waals surface area contributed by atoms with Gasteiger partial charge >= 0.3 is 0 Å². The van der Waals surface area contributed by atoms with Crippen molar-refractivity contribution in [3.63, 3.8) is 0 Å². The Morgan fingerprint density at radius 1 is 0.944 bits per heavy atom. The zero-order valence-corrected chi connectivity index (χ0v) is 22.5. The number of aryl methyl sites for hydroxylation is 1. The van der Waals surface area contributed by atoms with Crippen LogP contribution in [-0.4, -0.2) is 57.9 Å². The molecule has 9 heteroatoms. The van der Waals surface area contributed by atoms with Gasteiger partial charge in [-0.3, -0.25) is 14.0 Å². The van der Waals surface area contributed by atoms with E-state index in [2.05, 4.69) is 6.07 Å². The number of fused-ring (bicyclic) bond motifs is 1. The summed E-state index contributed by atoms with van der Waals surface area (Å²) in [6.45, 7) is 5.24. The summed E-state index contributed by atoms with van der Waals surface area (Å²) in [6, 6.07) is 21.2. The van der Waals surface area contributed by atoms with Gasteiger partial charge in [-0.25, -0.2) is 13.4 Å². The Morgan fingerprint density at radius 3 is 2.28 bits per heavy atom. The minimum absolute atomic E-state index is 0.139. The Morgan fingerprint density at radius 2 is 1.64 bits per heavy atom. The largest absolute Gasteiger partial charge is 0.308 e. The third-order valence-electron chi connectivity index (χ3n) is 5.80. The topological polar surface area (TPSA) is 73.8 Å². The van der Waals surface area contributed by atoms with E-state index in [1.807, 2.05) is 44.1 Å². The van der Waals surface area contributed by atoms with Crippen molar-refractivity contribution in [1.82, 2.24) is 9.88 Å². The molecule has 0 aliphatic carbocycles. The van der Waals surface area contributed by atoms with Crippen LogP contribution in [0, 0.1) is 6.92 Å². The van der Waals surface area contributed by atoms with Gasteiger partial charge in [-0.15, -0.1) is 0 Å². The summed E-state index contributed by atoms with van der Waals surface area (Å²) < 4.78 is 29.0. The summed E-state index contributed by atoms with van der Waals surface area (Å²) >= 11 is 1.48. The van der Waals surface area contributed by atoms with E-state index in [1.54, 1.807) is 48.2 Å². The lowest BCUT2D eigenvalue weighted by molar-refractivity contribution is 0.0985. The molecule has 0 saturated heterocycles. The molecule has 0 atom stereocenters. The molecule has 0 N–H and O–H groups in total. The second-order valence-corrected chi connectivity index (χ2v) is 11.6. The van der Waals surface area contributed by atoms with Gasteiger partial charge in [0.05, 0.1) is 20.8 Å². The van der Waals surface area contributed by atoms with Crippen molar-refractivity contribution in [1.29, 1.82) is 0 Å². The quantitative estimate of drug-likeness (QED) is 0.308. The zero-order valence-electron chi connectivity index (χ0n) is 20.9. The fourth-order valence-corrected chi connectivity index (χ4v) is 6.42. The average Bonchev–Trinajstić information content (AvgIpc) is 3.27. The number of carbonyl (C=O) groups excluding carboxylic acids is 1. The van der Waals surface area contributed by atoms with Crippen molar-refractivity contribution in [3.8, 4) is 0 Å². The Kier molecular flexibility index (Phi) is 7.73. The molecule has 7 nitrogen and oxygen atoms in total. The van der Waals surface area contributed by atoms with Crippen LogP contribution < -0.4 is 9.21 Å². The molecule has 188 valence electrons. The van der Waals surface area contributed by atoms with E-state index in [1.165, 1.54) is 27.8 Å². The second kappa shape index (κ2) is 10.8. The van der Waals surface area contributed by atoms with Crippen molar-refractivity contribution in [2.45, 2.75) is 18.7 Å². The van der Waals surface area contributed by atoms with Crippen molar-refractivity contribution in [3.05, 3.63) is 83.9 Å². The van der Waals surface area contributed by atoms with Crippen LogP contribution in [0.1, 0.15) is 22.8 Å². The average molecular weight is 523 g/mol. The predicted octanol–water partition coefficient (Wildman–Crippen LogP) is 5.03. The molecule has 36 heavy (non-hydrogen) atoms. The SMILES string of the molecule is CCN(c1ccccc1)S(=O)(=O)c1ccc(C(=O)N(CCN(C)C)c2nc3ccc(C)cc3s2)cc1. The van der Waals surface area contributed by atoms with Crippen LogP contribution in [0.2, 0.25) is 0 Å². The number of aromatic nitrogens is 1. The van der Waals surface area contributed by atoms with Crippen molar-refractivity contribution < 1.29 is 13.2 Å². The maximum Gasteiger partial charge on any atom is 0.264 e. The number of hydrogen-bond donors (Lipinski definition) is 0. The first-order chi connectivity index (χ1) is 17.2. The zero-order chi connectivity index (χ0) is 25.9. The van der Waals surface area contributed by atoms with Crippen LogP contribution in [0.15, 0.2) is 77.7 Å². The van der Waals surface area contributed by atoms with Crippen LogP contribution in [-0.2, 0) is 10.0 Å². The number of sulfonamides is 1. The maximum absolute atomic E-state index is 13.6. The molecule has 0 radical (unpaired) electrons. The van der Waals surface area contributed by atoms with Gasteiger partial charge < -0.3 is 4.90 Å². The normalized spacial score (nSPS) is 11.7. The van der Waals surface area contributed by atoms with Gasteiger partial charge in [0, 0.05) is 25.2 Å². The lowest BCUT2D eigenvalue weighted by atomic mass is 10.2. The number of thiazole rings is 1. The van der Waals surface area contributed by atoms with Crippen LogP contribution >= 0.6 is 11.3 Å². The minimum Gasteiger partial charge on any atom is -0.308 e. The molecule has 1 amide bonds. The highest BCUT2D eigenvalue weighted by Crippen LogP contribution is 2.31. The van der Waals surface area contributed by atoms with Crippen LogP contribution in [0.3, 0.4) is 0 Å². The Bertz CT molecular complexity index is 1450. The molecular weight excluding hydrogens is 492 g/mol. The van der Waals surface area contributed by atoms with Crippen LogP contribution in [0.4, 0.5) is 10.8 Å². The molecule has 0 aliphatic heterocycles. The third-order valence-corrected chi connectivity index (χ3v) is 8.76. The number of benzene rings is 3. The fourth-order valence-electron chi connectivity index (χ4n) is 3.86. The number of amides is 1. The summed E-state index contributed by atoms with van der Waals surface area (Å²) in [7, 11) is 0.139. The highest BCUT2D eigenvalue weighted by Gasteiger charge is 2.25. The summed E-state index contributed by atoms with van der Waals surface area (Å²) in [5, 5.41) is 0.625. The highest BCUT2D eigenvalue weighted by atomic mass is 32.2. The van der Waals surface area contributed by atoms with Crippen molar-refractivity contribution in [2.24, 2.45) is 0 Å². The predicted molar refractivity (Wildman–Crippen MR) is 148 cm³/mol. The first-order valence-corrected chi connectivity index (χ1v) is 14.0. The smallest absolute Gasteiger partial charge is 0.264 e. The monoisotopic (exact) mass is 522 g/mol. The molecular formula is C27H30N4O3S2. The molecule has 4 aromatic rings. The molecule has 1 heterocycles. The summed E-state index contributed by atoms with van der Waals surface area (Å²) in [5.41, 5.74) is 2.99. The summed E-state index contributed by atoms with van der Waals surface area (Å²) in [5.74, 6) is -0.216. The van der Waals surface area contributed by atoms with E-state index in [0.29, 0.717) is 36.0 Å².